The third-order valence-corrected chi connectivity index (χ3v) is 5.19. The highest BCUT2D eigenvalue weighted by Gasteiger charge is 2.19. The molecule has 5 aromatic rings. The minimum absolute atomic E-state index is 0.0481. The Kier molecular flexibility index (Phi) is 5.51. The van der Waals surface area contributed by atoms with Gasteiger partial charge < -0.3 is 10.3 Å². The van der Waals surface area contributed by atoms with Gasteiger partial charge in [0.2, 0.25) is 11.9 Å². The van der Waals surface area contributed by atoms with Gasteiger partial charge >= 0.3 is 0 Å². The first kappa shape index (κ1) is 21.3. The molecule has 0 aliphatic carbocycles. The first-order chi connectivity index (χ1) is 16.5. The molecule has 0 aliphatic heterocycles. The molecule has 1 aromatic carbocycles. The van der Waals surface area contributed by atoms with Crippen LogP contribution in [0, 0.1) is 17.6 Å². The Balaban J connectivity index is 1.51. The number of benzene rings is 1. The van der Waals surface area contributed by atoms with Crippen LogP contribution in [0.1, 0.15) is 5.56 Å². The van der Waals surface area contributed by atoms with E-state index in [1.54, 1.807) is 18.2 Å². The molecular weight excluding hydrogens is 443 g/mol. The summed E-state index contributed by atoms with van der Waals surface area (Å²) in [4.78, 5) is 28.0. The number of carbonyl (C=O) groups is 1. The SMILES string of the molecule is O=C(Cc1ccc(F)cc1)Nc1cc(-c2[nH]c3ccc(F)nc3c2-c2ccc(F)cn2)ccn1. The number of halogens is 3. The summed E-state index contributed by atoms with van der Waals surface area (Å²) in [6.07, 6.45) is 2.64. The molecule has 0 saturated heterocycles. The van der Waals surface area contributed by atoms with Crippen LogP contribution in [0.25, 0.3) is 33.5 Å². The van der Waals surface area contributed by atoms with E-state index in [-0.39, 0.29) is 18.1 Å². The molecule has 2 N–H and O–H groups in total. The zero-order valence-electron chi connectivity index (χ0n) is 17.5. The lowest BCUT2D eigenvalue weighted by molar-refractivity contribution is -0.115. The highest BCUT2D eigenvalue weighted by Crippen LogP contribution is 2.37. The molecule has 9 heteroatoms. The number of fused-ring (bicyclic) bond motifs is 1. The summed E-state index contributed by atoms with van der Waals surface area (Å²) in [6.45, 7) is 0. The molecule has 4 aromatic heterocycles. The van der Waals surface area contributed by atoms with Crippen molar-refractivity contribution in [3.05, 3.63) is 96.2 Å². The van der Waals surface area contributed by atoms with Gasteiger partial charge in [0.15, 0.2) is 0 Å². The highest BCUT2D eigenvalue weighted by atomic mass is 19.1. The number of carbonyl (C=O) groups excluding carboxylic acids is 1. The van der Waals surface area contributed by atoms with Crippen LogP contribution in [0.15, 0.2) is 73.1 Å². The number of hydrogen-bond donors (Lipinski definition) is 2. The molecule has 0 spiro atoms. The van der Waals surface area contributed by atoms with Crippen LogP contribution in [0.4, 0.5) is 19.0 Å². The number of aromatic nitrogens is 4. The van der Waals surface area contributed by atoms with Crippen molar-refractivity contribution in [1.29, 1.82) is 0 Å². The van der Waals surface area contributed by atoms with Crippen molar-refractivity contribution >= 4 is 22.8 Å². The lowest BCUT2D eigenvalue weighted by Gasteiger charge is -2.08. The van der Waals surface area contributed by atoms with Gasteiger partial charge in [0, 0.05) is 11.8 Å². The second-order valence-electron chi connectivity index (χ2n) is 7.55. The minimum Gasteiger partial charge on any atom is -0.353 e. The predicted octanol–water partition coefficient (Wildman–Crippen LogP) is 5.29. The summed E-state index contributed by atoms with van der Waals surface area (Å²) in [5, 5.41) is 2.73. The summed E-state index contributed by atoms with van der Waals surface area (Å²) in [5.41, 5.74) is 3.64. The average molecular weight is 459 g/mol. The van der Waals surface area contributed by atoms with Crippen LogP contribution in [0.5, 0.6) is 0 Å². The predicted molar refractivity (Wildman–Crippen MR) is 121 cm³/mol. The van der Waals surface area contributed by atoms with Crippen LogP contribution in [-0.2, 0) is 11.2 Å². The quantitative estimate of drug-likeness (QED) is 0.350. The third kappa shape index (κ3) is 4.36. The Morgan fingerprint density at radius 2 is 1.71 bits per heavy atom. The van der Waals surface area contributed by atoms with Gasteiger partial charge in [-0.25, -0.2) is 18.7 Å². The number of anilines is 1. The molecule has 0 fully saturated rings. The van der Waals surface area contributed by atoms with Crippen molar-refractivity contribution < 1.29 is 18.0 Å². The Bertz CT molecular complexity index is 1500. The number of amides is 1. The Hall–Kier alpha value is -4.53. The minimum atomic E-state index is -0.662. The zero-order chi connectivity index (χ0) is 23.7. The molecule has 168 valence electrons. The maximum absolute atomic E-state index is 13.9. The summed E-state index contributed by atoms with van der Waals surface area (Å²) in [7, 11) is 0. The van der Waals surface area contributed by atoms with Gasteiger partial charge in [-0.05, 0) is 54.1 Å². The molecule has 0 saturated carbocycles. The molecule has 0 radical (unpaired) electrons. The van der Waals surface area contributed by atoms with Crippen molar-refractivity contribution in [3.8, 4) is 22.5 Å². The first-order valence-electron chi connectivity index (χ1n) is 10.3. The fourth-order valence-corrected chi connectivity index (χ4v) is 3.66. The summed E-state index contributed by atoms with van der Waals surface area (Å²) >= 11 is 0. The molecule has 5 rings (SSSR count). The van der Waals surface area contributed by atoms with E-state index >= 15 is 0 Å². The summed E-state index contributed by atoms with van der Waals surface area (Å²) in [5.74, 6) is -1.57. The van der Waals surface area contributed by atoms with Crippen molar-refractivity contribution in [1.82, 2.24) is 19.9 Å². The van der Waals surface area contributed by atoms with E-state index in [0.717, 1.165) is 6.20 Å². The van der Waals surface area contributed by atoms with Gasteiger partial charge in [0.25, 0.3) is 0 Å². The largest absolute Gasteiger partial charge is 0.353 e. The zero-order valence-corrected chi connectivity index (χ0v) is 17.5. The van der Waals surface area contributed by atoms with Crippen molar-refractivity contribution in [2.24, 2.45) is 0 Å². The second kappa shape index (κ2) is 8.78. The molecule has 4 heterocycles. The molecule has 6 nitrogen and oxygen atoms in total. The first-order valence-corrected chi connectivity index (χ1v) is 10.3. The second-order valence-corrected chi connectivity index (χ2v) is 7.55. The molecule has 0 aliphatic rings. The van der Waals surface area contributed by atoms with Crippen molar-refractivity contribution in [2.45, 2.75) is 6.42 Å². The van der Waals surface area contributed by atoms with Crippen LogP contribution in [-0.4, -0.2) is 25.8 Å². The third-order valence-electron chi connectivity index (χ3n) is 5.19. The molecule has 0 bridgehead atoms. The number of nitrogens with one attached hydrogen (secondary N) is 2. The maximum atomic E-state index is 13.9. The number of nitrogens with zero attached hydrogens (tertiary/aromatic N) is 3. The van der Waals surface area contributed by atoms with Gasteiger partial charge in [-0.2, -0.15) is 4.39 Å². The van der Waals surface area contributed by atoms with Crippen LogP contribution >= 0.6 is 0 Å². The number of H-pyrrole nitrogens is 1. The van der Waals surface area contributed by atoms with Gasteiger partial charge in [0.1, 0.15) is 23.0 Å². The van der Waals surface area contributed by atoms with Gasteiger partial charge in [0.05, 0.1) is 35.1 Å². The van der Waals surface area contributed by atoms with E-state index in [9.17, 15) is 18.0 Å². The van der Waals surface area contributed by atoms with E-state index in [4.69, 9.17) is 0 Å². The molecule has 0 atom stereocenters. The fourth-order valence-electron chi connectivity index (χ4n) is 3.66. The molecule has 34 heavy (non-hydrogen) atoms. The van der Waals surface area contributed by atoms with Gasteiger partial charge in [-0.1, -0.05) is 12.1 Å². The number of aromatic amines is 1. The van der Waals surface area contributed by atoms with Crippen molar-refractivity contribution in [3.63, 3.8) is 0 Å². The highest BCUT2D eigenvalue weighted by molar-refractivity contribution is 6.01. The van der Waals surface area contributed by atoms with Crippen LogP contribution < -0.4 is 5.32 Å². The van der Waals surface area contributed by atoms with E-state index in [1.807, 2.05) is 0 Å². The fraction of sp³-hybridized carbons (Fsp3) is 0.0400. The van der Waals surface area contributed by atoms with E-state index < -0.39 is 11.8 Å². The number of hydrogen-bond acceptors (Lipinski definition) is 4. The Morgan fingerprint density at radius 3 is 2.47 bits per heavy atom. The smallest absolute Gasteiger partial charge is 0.229 e. The van der Waals surface area contributed by atoms with E-state index in [1.165, 1.54) is 48.7 Å². The summed E-state index contributed by atoms with van der Waals surface area (Å²) in [6, 6.07) is 14.6. The lowest BCUT2D eigenvalue weighted by Crippen LogP contribution is -2.15. The van der Waals surface area contributed by atoms with Crippen LogP contribution in [0.2, 0.25) is 0 Å². The lowest BCUT2D eigenvalue weighted by atomic mass is 10.0. The van der Waals surface area contributed by atoms with Crippen LogP contribution in [0.3, 0.4) is 0 Å². The Morgan fingerprint density at radius 1 is 0.912 bits per heavy atom. The average Bonchev–Trinajstić information content (AvgIpc) is 3.20. The molecule has 1 amide bonds. The molecule has 0 unspecified atom stereocenters. The molecular formula is C25H16F3N5O. The van der Waals surface area contributed by atoms with Gasteiger partial charge in [-0.15, -0.1) is 0 Å². The van der Waals surface area contributed by atoms with E-state index in [2.05, 4.69) is 25.3 Å². The van der Waals surface area contributed by atoms with Crippen molar-refractivity contribution in [2.75, 3.05) is 5.32 Å². The summed E-state index contributed by atoms with van der Waals surface area (Å²) < 4.78 is 40.5. The Labute approximate surface area is 191 Å². The number of pyridine rings is 3. The maximum Gasteiger partial charge on any atom is 0.229 e. The van der Waals surface area contributed by atoms with E-state index in [0.29, 0.717) is 44.9 Å². The standard InChI is InChI=1S/C25H16F3N5O/c26-16-3-1-14(2-4-16)11-22(34)33-21-12-15(9-10-29-21)24-23(18-6-5-17(27)13-30-18)25-19(31-24)7-8-20(28)32-25/h1-10,12-13,31H,11H2,(H,29,33,34). The number of rotatable bonds is 5. The monoisotopic (exact) mass is 459 g/mol. The van der Waals surface area contributed by atoms with Gasteiger partial charge in [-0.3, -0.25) is 9.78 Å². The normalized spacial score (nSPS) is 11.0. The topological polar surface area (TPSA) is 83.6 Å².